The molecular weight excluding hydrogens is 238 g/mol. The third kappa shape index (κ3) is 3.10. The highest BCUT2D eigenvalue weighted by Gasteiger charge is 2.15. The van der Waals surface area contributed by atoms with E-state index in [0.717, 1.165) is 25.2 Å². The fraction of sp³-hybridized carbons (Fsp3) is 0.538. The van der Waals surface area contributed by atoms with Gasteiger partial charge in [0.15, 0.2) is 0 Å². The molecule has 1 heterocycles. The molecule has 0 spiro atoms. The number of alkyl halides is 2. The molecule has 1 aliphatic rings. The third-order valence-electron chi connectivity index (χ3n) is 3.18. The van der Waals surface area contributed by atoms with Crippen molar-refractivity contribution in [2.24, 2.45) is 0 Å². The summed E-state index contributed by atoms with van der Waals surface area (Å²) in [6.45, 7) is 1.83. The lowest BCUT2D eigenvalue weighted by Crippen LogP contribution is -2.29. The number of nitrogens with one attached hydrogen (secondary N) is 2. The lowest BCUT2D eigenvalue weighted by Gasteiger charge is -2.15. The largest absolute Gasteiger partial charge is 0.495 e. The maximum absolute atomic E-state index is 12.6. The minimum Gasteiger partial charge on any atom is -0.495 e. The molecule has 0 saturated carbocycles. The maximum Gasteiger partial charge on any atom is 0.263 e. The Balaban J connectivity index is 2.02. The highest BCUT2D eigenvalue weighted by atomic mass is 19.3. The van der Waals surface area contributed by atoms with Crippen LogP contribution in [0.3, 0.4) is 0 Å². The van der Waals surface area contributed by atoms with Crippen molar-refractivity contribution in [1.82, 2.24) is 5.32 Å². The van der Waals surface area contributed by atoms with Crippen molar-refractivity contribution in [3.63, 3.8) is 0 Å². The monoisotopic (exact) mass is 256 g/mol. The van der Waals surface area contributed by atoms with Crippen LogP contribution in [-0.4, -0.2) is 26.2 Å². The van der Waals surface area contributed by atoms with Gasteiger partial charge in [-0.3, -0.25) is 0 Å². The van der Waals surface area contributed by atoms with Gasteiger partial charge >= 0.3 is 0 Å². The second-order valence-electron chi connectivity index (χ2n) is 4.43. The molecule has 2 rings (SSSR count). The second kappa shape index (κ2) is 6.00. The van der Waals surface area contributed by atoms with Crippen LogP contribution in [0.15, 0.2) is 18.2 Å². The topological polar surface area (TPSA) is 33.3 Å². The molecule has 3 nitrogen and oxygen atoms in total. The Labute approximate surface area is 106 Å². The molecule has 5 heteroatoms. The number of hydrogen-bond acceptors (Lipinski definition) is 3. The molecule has 2 N–H and O–H groups in total. The van der Waals surface area contributed by atoms with Gasteiger partial charge in [-0.2, -0.15) is 0 Å². The Morgan fingerprint density at radius 1 is 1.50 bits per heavy atom. The van der Waals surface area contributed by atoms with Gasteiger partial charge in [-0.25, -0.2) is 8.78 Å². The van der Waals surface area contributed by atoms with Gasteiger partial charge < -0.3 is 15.4 Å². The first kappa shape index (κ1) is 13.1. The number of anilines is 1. The molecule has 0 radical (unpaired) electrons. The first-order chi connectivity index (χ1) is 8.70. The maximum atomic E-state index is 12.6. The number of halogens is 2. The van der Waals surface area contributed by atoms with Gasteiger partial charge in [0.1, 0.15) is 5.75 Å². The average molecular weight is 256 g/mol. The smallest absolute Gasteiger partial charge is 0.263 e. The molecule has 1 aliphatic heterocycles. The van der Waals surface area contributed by atoms with E-state index < -0.39 is 6.43 Å². The summed E-state index contributed by atoms with van der Waals surface area (Å²) in [7, 11) is 1.49. The van der Waals surface area contributed by atoms with Gasteiger partial charge in [0.05, 0.1) is 12.8 Å². The lowest BCUT2D eigenvalue weighted by molar-refractivity contribution is 0.151. The molecule has 1 atom stereocenters. The zero-order chi connectivity index (χ0) is 13.0. The summed E-state index contributed by atoms with van der Waals surface area (Å²) in [5, 5.41) is 6.61. The minimum atomic E-state index is -2.47. The van der Waals surface area contributed by atoms with E-state index in [2.05, 4.69) is 10.6 Å². The van der Waals surface area contributed by atoms with Crippen LogP contribution in [0.2, 0.25) is 0 Å². The molecule has 0 aliphatic carbocycles. The van der Waals surface area contributed by atoms with Crippen molar-refractivity contribution in [2.45, 2.75) is 25.3 Å². The zero-order valence-corrected chi connectivity index (χ0v) is 10.4. The Hall–Kier alpha value is -1.36. The molecule has 1 fully saturated rings. The van der Waals surface area contributed by atoms with Crippen LogP contribution in [0.5, 0.6) is 5.75 Å². The van der Waals surface area contributed by atoms with E-state index >= 15 is 0 Å². The van der Waals surface area contributed by atoms with E-state index in [0.29, 0.717) is 11.8 Å². The number of benzene rings is 1. The summed E-state index contributed by atoms with van der Waals surface area (Å²) in [6.07, 6.45) is -0.137. The van der Waals surface area contributed by atoms with Crippen LogP contribution in [0.25, 0.3) is 0 Å². The van der Waals surface area contributed by atoms with Gasteiger partial charge in [-0.05, 0) is 31.5 Å². The van der Waals surface area contributed by atoms with Gasteiger partial charge in [0, 0.05) is 18.2 Å². The summed E-state index contributed by atoms with van der Waals surface area (Å²) >= 11 is 0. The van der Waals surface area contributed by atoms with Crippen LogP contribution in [0.1, 0.15) is 24.8 Å². The molecule has 0 aromatic heterocycles. The summed E-state index contributed by atoms with van der Waals surface area (Å²) in [5.74, 6) is 0.464. The predicted molar refractivity (Wildman–Crippen MR) is 67.5 cm³/mol. The number of hydrogen-bond donors (Lipinski definition) is 2. The average Bonchev–Trinajstić information content (AvgIpc) is 2.89. The Kier molecular flexibility index (Phi) is 4.36. The van der Waals surface area contributed by atoms with Crippen LogP contribution < -0.4 is 15.4 Å². The SMILES string of the molecule is COc1cc(C(F)F)ccc1NCC1CCCN1. The molecule has 0 bridgehead atoms. The number of ether oxygens (including phenoxy) is 1. The molecule has 100 valence electrons. The van der Waals surface area contributed by atoms with E-state index in [1.54, 1.807) is 6.07 Å². The van der Waals surface area contributed by atoms with Crippen molar-refractivity contribution < 1.29 is 13.5 Å². The number of methoxy groups -OCH3 is 1. The molecule has 18 heavy (non-hydrogen) atoms. The molecule has 1 unspecified atom stereocenters. The van der Waals surface area contributed by atoms with Gasteiger partial charge in [-0.1, -0.05) is 6.07 Å². The standard InChI is InChI=1S/C13H18F2N2O/c1-18-12-7-9(13(14)15)4-5-11(12)17-8-10-3-2-6-16-10/h4-5,7,10,13,16-17H,2-3,6,8H2,1H3. The van der Waals surface area contributed by atoms with Crippen molar-refractivity contribution >= 4 is 5.69 Å². The highest BCUT2D eigenvalue weighted by Crippen LogP contribution is 2.30. The summed E-state index contributed by atoms with van der Waals surface area (Å²) in [4.78, 5) is 0. The number of rotatable bonds is 5. The third-order valence-corrected chi connectivity index (χ3v) is 3.18. The van der Waals surface area contributed by atoms with Crippen LogP contribution in [-0.2, 0) is 0 Å². The Morgan fingerprint density at radius 2 is 2.33 bits per heavy atom. The lowest BCUT2D eigenvalue weighted by atomic mass is 10.1. The van der Waals surface area contributed by atoms with Crippen molar-refractivity contribution in [2.75, 3.05) is 25.5 Å². The zero-order valence-electron chi connectivity index (χ0n) is 10.4. The van der Waals surface area contributed by atoms with Crippen LogP contribution in [0.4, 0.5) is 14.5 Å². The van der Waals surface area contributed by atoms with E-state index in [4.69, 9.17) is 4.74 Å². The second-order valence-corrected chi connectivity index (χ2v) is 4.43. The van der Waals surface area contributed by atoms with Gasteiger partial charge in [-0.15, -0.1) is 0 Å². The highest BCUT2D eigenvalue weighted by molar-refractivity contribution is 5.58. The fourth-order valence-electron chi connectivity index (χ4n) is 2.15. The Bertz CT molecular complexity index is 393. The summed E-state index contributed by atoms with van der Waals surface area (Å²) in [5.41, 5.74) is 0.743. The summed E-state index contributed by atoms with van der Waals surface area (Å²) < 4.78 is 30.3. The first-order valence-electron chi connectivity index (χ1n) is 6.14. The molecule has 1 aromatic carbocycles. The quantitative estimate of drug-likeness (QED) is 0.850. The van der Waals surface area contributed by atoms with Crippen molar-refractivity contribution in [3.05, 3.63) is 23.8 Å². The normalized spacial score (nSPS) is 19.2. The van der Waals surface area contributed by atoms with E-state index in [1.807, 2.05) is 0 Å². The molecule has 1 saturated heterocycles. The molecular formula is C13H18F2N2O. The van der Waals surface area contributed by atoms with E-state index in [-0.39, 0.29) is 5.56 Å². The summed E-state index contributed by atoms with van der Waals surface area (Å²) in [6, 6.07) is 4.91. The van der Waals surface area contributed by atoms with E-state index in [1.165, 1.54) is 25.7 Å². The molecule has 1 aromatic rings. The van der Waals surface area contributed by atoms with Crippen LogP contribution in [0, 0.1) is 0 Å². The Morgan fingerprint density at radius 3 is 2.94 bits per heavy atom. The van der Waals surface area contributed by atoms with E-state index in [9.17, 15) is 8.78 Å². The first-order valence-corrected chi connectivity index (χ1v) is 6.14. The predicted octanol–water partition coefficient (Wildman–Crippen LogP) is 2.80. The van der Waals surface area contributed by atoms with Gasteiger partial charge in [0.25, 0.3) is 6.43 Å². The molecule has 0 amide bonds. The fourth-order valence-corrected chi connectivity index (χ4v) is 2.15. The van der Waals surface area contributed by atoms with Gasteiger partial charge in [0.2, 0.25) is 0 Å². The van der Waals surface area contributed by atoms with Crippen LogP contribution >= 0.6 is 0 Å². The van der Waals surface area contributed by atoms with Crippen molar-refractivity contribution in [3.8, 4) is 5.75 Å². The van der Waals surface area contributed by atoms with Crippen molar-refractivity contribution in [1.29, 1.82) is 0 Å². The minimum absolute atomic E-state index is 0.0172.